The fourth-order valence-corrected chi connectivity index (χ4v) is 11.2. The number of carbonyl (C=O) groups is 2. The minimum absolute atomic E-state index is 0.0482. The smallest absolute Gasteiger partial charge is 0.355 e. The lowest BCUT2D eigenvalue weighted by atomic mass is 9.51. The summed E-state index contributed by atoms with van der Waals surface area (Å²) in [6, 6.07) is 17.0. The molecule has 2 N–H and O–H groups in total. The van der Waals surface area contributed by atoms with Crippen molar-refractivity contribution < 1.29 is 19.4 Å². The molecule has 3 atom stereocenters. The summed E-state index contributed by atoms with van der Waals surface area (Å²) in [4.78, 5) is 37.8. The Morgan fingerprint density at radius 2 is 1.89 bits per heavy atom. The van der Waals surface area contributed by atoms with Crippen LogP contribution in [-0.4, -0.2) is 56.0 Å². The molecule has 3 aromatic heterocycles. The van der Waals surface area contributed by atoms with Crippen molar-refractivity contribution in [2.75, 3.05) is 23.9 Å². The lowest BCUT2D eigenvalue weighted by Gasteiger charge is -2.58. The number of hydrogen-bond donors (Lipinski definition) is 2. The molecule has 0 saturated heterocycles. The van der Waals surface area contributed by atoms with Gasteiger partial charge in [-0.25, -0.2) is 14.8 Å². The normalized spacial score (nSPS) is 23.3. The highest BCUT2D eigenvalue weighted by Crippen LogP contribution is 2.61. The van der Waals surface area contributed by atoms with E-state index in [1.807, 2.05) is 55.3 Å². The molecular formula is C43H47N7O4S. The summed E-state index contributed by atoms with van der Waals surface area (Å²) in [6.45, 7) is 8.26. The van der Waals surface area contributed by atoms with Crippen LogP contribution in [0.1, 0.15) is 108 Å². The third-order valence-electron chi connectivity index (χ3n) is 12.5. The van der Waals surface area contributed by atoms with Gasteiger partial charge in [0.25, 0.3) is 5.91 Å². The van der Waals surface area contributed by atoms with Gasteiger partial charge in [0.2, 0.25) is 0 Å². The molecule has 4 heterocycles. The van der Waals surface area contributed by atoms with Crippen LogP contribution >= 0.6 is 11.3 Å². The molecule has 0 radical (unpaired) electrons. The molecule has 2 bridgehead atoms. The minimum atomic E-state index is -1.12. The van der Waals surface area contributed by atoms with Crippen LogP contribution in [0, 0.1) is 29.1 Å². The minimum Gasteiger partial charge on any atom is -0.476 e. The molecule has 5 aromatic rings. The largest absolute Gasteiger partial charge is 0.476 e. The van der Waals surface area contributed by atoms with E-state index in [0.29, 0.717) is 40.6 Å². The molecule has 3 aliphatic rings. The number of aromatic nitrogens is 4. The summed E-state index contributed by atoms with van der Waals surface area (Å²) < 4.78 is 9.38. The molecule has 1 amide bonds. The second-order valence-corrected chi connectivity index (χ2v) is 17.4. The number of ether oxygens (including phenoxy) is 1. The Morgan fingerprint density at radius 3 is 2.65 bits per heavy atom. The maximum atomic E-state index is 13.7. The number of thiazole rings is 1. The zero-order valence-electron chi connectivity index (χ0n) is 31.9. The standard InChI is InChI=1S/C43H47N7O4S/c1-5-16-43(54-4)24-41(3)17-8-18-42(23-41,25-43)26-50-27(2)32(21-45-50)30-13-14-36(47-37(30)39(52)53)49-19-15-29-28(20-44)11-12-31(33(29)22-49)38(51)48-40-46-34-9-6-7-10-35(34)55-40/h6-7,9-14,21H,5,8,15-19,22-26H2,1-4H3,(H,52,53)(H,46,48,51). The molecule has 2 saturated carbocycles. The quantitative estimate of drug-likeness (QED) is 0.143. The van der Waals surface area contributed by atoms with Crippen LogP contribution in [-0.2, 0) is 24.2 Å². The summed E-state index contributed by atoms with van der Waals surface area (Å²) in [6.07, 6.45) is 11.2. The number of para-hydroxylation sites is 1. The predicted molar refractivity (Wildman–Crippen MR) is 214 cm³/mol. The lowest BCUT2D eigenvalue weighted by Crippen LogP contribution is -2.53. The van der Waals surface area contributed by atoms with E-state index in [4.69, 9.17) is 14.8 Å². The van der Waals surface area contributed by atoms with Crippen molar-refractivity contribution in [3.63, 3.8) is 0 Å². The molecule has 2 aromatic carbocycles. The van der Waals surface area contributed by atoms with E-state index in [9.17, 15) is 20.0 Å². The van der Waals surface area contributed by atoms with Gasteiger partial charge in [0, 0.05) is 49.1 Å². The van der Waals surface area contributed by atoms with Gasteiger partial charge in [-0.05, 0) is 110 Å². The van der Waals surface area contributed by atoms with Crippen LogP contribution in [0.4, 0.5) is 10.9 Å². The van der Waals surface area contributed by atoms with E-state index in [-0.39, 0.29) is 34.6 Å². The van der Waals surface area contributed by atoms with Crippen LogP contribution in [0.2, 0.25) is 0 Å². The Kier molecular flexibility index (Phi) is 9.50. The Balaban J connectivity index is 1.07. The summed E-state index contributed by atoms with van der Waals surface area (Å²) in [5, 5.41) is 28.8. The third kappa shape index (κ3) is 6.78. The first-order chi connectivity index (χ1) is 26.5. The second kappa shape index (κ2) is 14.2. The topological polar surface area (TPSA) is 146 Å². The van der Waals surface area contributed by atoms with Gasteiger partial charge < -0.3 is 14.7 Å². The van der Waals surface area contributed by atoms with Crippen molar-refractivity contribution in [3.05, 3.63) is 88.4 Å². The molecular weight excluding hydrogens is 711 g/mol. The van der Waals surface area contributed by atoms with E-state index in [2.05, 4.69) is 34.9 Å². The predicted octanol–water partition coefficient (Wildman–Crippen LogP) is 8.79. The number of methoxy groups -OCH3 is 1. The highest BCUT2D eigenvalue weighted by molar-refractivity contribution is 7.22. The summed E-state index contributed by atoms with van der Waals surface area (Å²) >= 11 is 1.40. The van der Waals surface area contributed by atoms with E-state index < -0.39 is 5.97 Å². The average molecular weight is 758 g/mol. The number of rotatable bonds is 10. The van der Waals surface area contributed by atoms with Gasteiger partial charge >= 0.3 is 5.97 Å². The molecule has 284 valence electrons. The number of amides is 1. The Morgan fingerprint density at radius 1 is 1.05 bits per heavy atom. The first-order valence-corrected chi connectivity index (χ1v) is 20.1. The number of carboxylic acids is 1. The fraction of sp³-hybridized carbons (Fsp3) is 0.442. The van der Waals surface area contributed by atoms with Crippen molar-refractivity contribution >= 4 is 44.4 Å². The van der Waals surface area contributed by atoms with Crippen LogP contribution < -0.4 is 10.2 Å². The zero-order chi connectivity index (χ0) is 38.5. The molecule has 2 aliphatic carbocycles. The molecule has 8 rings (SSSR count). The van der Waals surface area contributed by atoms with Crippen molar-refractivity contribution in [1.29, 1.82) is 5.26 Å². The first-order valence-electron chi connectivity index (χ1n) is 19.3. The van der Waals surface area contributed by atoms with Crippen LogP contribution in [0.3, 0.4) is 0 Å². The number of benzene rings is 2. The van der Waals surface area contributed by atoms with E-state index in [1.165, 1.54) is 24.2 Å². The molecule has 2 fully saturated rings. The second-order valence-electron chi connectivity index (χ2n) is 16.3. The number of anilines is 2. The van der Waals surface area contributed by atoms with Gasteiger partial charge in [0.1, 0.15) is 5.82 Å². The van der Waals surface area contributed by atoms with Crippen molar-refractivity contribution in [3.8, 4) is 17.2 Å². The number of pyridine rings is 1. The lowest BCUT2D eigenvalue weighted by molar-refractivity contribution is -0.152. The molecule has 3 unspecified atom stereocenters. The highest BCUT2D eigenvalue weighted by Gasteiger charge is 2.55. The van der Waals surface area contributed by atoms with Gasteiger partial charge in [-0.2, -0.15) is 10.4 Å². The molecule has 0 spiro atoms. The van der Waals surface area contributed by atoms with Crippen molar-refractivity contribution in [2.24, 2.45) is 10.8 Å². The Bertz CT molecular complexity index is 2330. The number of carboxylic acid groups (broad SMARTS) is 1. The molecule has 55 heavy (non-hydrogen) atoms. The summed E-state index contributed by atoms with van der Waals surface area (Å²) in [5.41, 5.74) is 5.63. The Hall–Kier alpha value is -5.12. The van der Waals surface area contributed by atoms with E-state index in [1.54, 1.807) is 18.3 Å². The van der Waals surface area contributed by atoms with Gasteiger partial charge in [-0.3, -0.25) is 14.8 Å². The van der Waals surface area contributed by atoms with Crippen LogP contribution in [0.5, 0.6) is 0 Å². The first kappa shape index (κ1) is 36.8. The van der Waals surface area contributed by atoms with Gasteiger partial charge in [0.05, 0.1) is 33.6 Å². The SMILES string of the molecule is CCCC1(OC)CC2(C)CCCC(Cn3ncc(-c4ccc(N5CCc6c(C#N)ccc(C(=O)Nc7nc8ccccc8s7)c6C5)nc4C(=O)O)c3C)(C2)C1. The monoisotopic (exact) mass is 757 g/mol. The van der Waals surface area contributed by atoms with Gasteiger partial charge in [-0.1, -0.05) is 50.2 Å². The number of hydrogen-bond acceptors (Lipinski definition) is 9. The number of fused-ring (bicyclic) bond motifs is 4. The summed E-state index contributed by atoms with van der Waals surface area (Å²) in [7, 11) is 1.88. The third-order valence-corrected chi connectivity index (χ3v) is 13.4. The van der Waals surface area contributed by atoms with E-state index >= 15 is 0 Å². The zero-order valence-corrected chi connectivity index (χ0v) is 32.8. The van der Waals surface area contributed by atoms with Crippen molar-refractivity contribution in [2.45, 2.75) is 97.2 Å². The van der Waals surface area contributed by atoms with Gasteiger partial charge in [-0.15, -0.1) is 0 Å². The molecule has 1 aliphatic heterocycles. The maximum absolute atomic E-state index is 13.7. The van der Waals surface area contributed by atoms with Crippen LogP contribution in [0.15, 0.2) is 54.7 Å². The number of nitriles is 1. The maximum Gasteiger partial charge on any atom is 0.355 e. The number of nitrogens with zero attached hydrogens (tertiary/aromatic N) is 6. The number of carbonyl (C=O) groups excluding carboxylic acids is 1. The highest BCUT2D eigenvalue weighted by atomic mass is 32.1. The average Bonchev–Trinajstić information content (AvgIpc) is 3.74. The van der Waals surface area contributed by atoms with Gasteiger partial charge in [0.15, 0.2) is 10.8 Å². The van der Waals surface area contributed by atoms with Crippen molar-refractivity contribution in [1.82, 2.24) is 19.7 Å². The Labute approximate surface area is 325 Å². The van der Waals surface area contributed by atoms with Crippen LogP contribution in [0.25, 0.3) is 21.3 Å². The fourth-order valence-electron chi connectivity index (χ4n) is 10.3. The molecule has 12 heteroatoms. The molecule has 11 nitrogen and oxygen atoms in total. The summed E-state index contributed by atoms with van der Waals surface area (Å²) in [5.74, 6) is -0.943. The number of aromatic carboxylic acids is 1. The number of nitrogens with one attached hydrogen (secondary N) is 1. The van der Waals surface area contributed by atoms with E-state index in [0.717, 1.165) is 77.7 Å².